The SMILES string of the molecule is COc1cc(-c2ccc(NC(=O)C3CCCO3)c(OC)c2)ccc1NC(=O)C1CCCO1. The molecule has 8 heteroatoms. The summed E-state index contributed by atoms with van der Waals surface area (Å²) in [6.07, 6.45) is 2.39. The first-order valence-corrected chi connectivity index (χ1v) is 10.8. The fourth-order valence-corrected chi connectivity index (χ4v) is 3.94. The minimum absolute atomic E-state index is 0.165. The highest BCUT2D eigenvalue weighted by Crippen LogP contribution is 2.35. The van der Waals surface area contributed by atoms with Crippen LogP contribution in [0.5, 0.6) is 11.5 Å². The van der Waals surface area contributed by atoms with Gasteiger partial charge in [-0.2, -0.15) is 0 Å². The van der Waals surface area contributed by atoms with Crippen molar-refractivity contribution in [1.82, 2.24) is 0 Å². The van der Waals surface area contributed by atoms with Crippen LogP contribution in [0, 0.1) is 0 Å². The molecule has 2 aromatic carbocycles. The summed E-state index contributed by atoms with van der Waals surface area (Å²) in [6.45, 7) is 1.22. The topological polar surface area (TPSA) is 95.1 Å². The second-order valence-corrected chi connectivity index (χ2v) is 7.81. The van der Waals surface area contributed by atoms with Gasteiger partial charge in [-0.15, -0.1) is 0 Å². The summed E-state index contributed by atoms with van der Waals surface area (Å²) in [5.41, 5.74) is 2.94. The zero-order valence-corrected chi connectivity index (χ0v) is 18.3. The molecule has 2 aromatic rings. The first-order chi connectivity index (χ1) is 15.6. The lowest BCUT2D eigenvalue weighted by Crippen LogP contribution is -2.27. The van der Waals surface area contributed by atoms with E-state index in [-0.39, 0.29) is 11.8 Å². The number of amides is 2. The lowest BCUT2D eigenvalue weighted by atomic mass is 10.0. The smallest absolute Gasteiger partial charge is 0.253 e. The van der Waals surface area contributed by atoms with Crippen LogP contribution in [0.2, 0.25) is 0 Å². The molecule has 170 valence electrons. The van der Waals surface area contributed by atoms with E-state index in [1.54, 1.807) is 26.4 Å². The number of anilines is 2. The highest BCUT2D eigenvalue weighted by atomic mass is 16.5. The van der Waals surface area contributed by atoms with Crippen molar-refractivity contribution >= 4 is 23.2 Å². The van der Waals surface area contributed by atoms with Crippen molar-refractivity contribution in [3.05, 3.63) is 36.4 Å². The van der Waals surface area contributed by atoms with E-state index < -0.39 is 12.2 Å². The van der Waals surface area contributed by atoms with Crippen molar-refractivity contribution in [2.45, 2.75) is 37.9 Å². The molecule has 8 nitrogen and oxygen atoms in total. The second-order valence-electron chi connectivity index (χ2n) is 7.81. The van der Waals surface area contributed by atoms with E-state index in [1.807, 2.05) is 24.3 Å². The molecule has 0 bridgehead atoms. The summed E-state index contributed by atoms with van der Waals surface area (Å²) in [7, 11) is 3.12. The minimum Gasteiger partial charge on any atom is -0.495 e. The molecule has 0 radical (unpaired) electrons. The molecule has 0 aromatic heterocycles. The van der Waals surface area contributed by atoms with Crippen LogP contribution in [-0.4, -0.2) is 51.5 Å². The Bertz CT molecular complexity index is 901. The number of carbonyl (C=O) groups is 2. The molecule has 32 heavy (non-hydrogen) atoms. The van der Waals surface area contributed by atoms with Crippen molar-refractivity contribution in [3.63, 3.8) is 0 Å². The van der Waals surface area contributed by atoms with Crippen LogP contribution in [0.1, 0.15) is 25.7 Å². The van der Waals surface area contributed by atoms with Gasteiger partial charge in [0.1, 0.15) is 23.7 Å². The van der Waals surface area contributed by atoms with E-state index in [1.165, 1.54) is 0 Å². The molecule has 2 atom stereocenters. The first-order valence-electron chi connectivity index (χ1n) is 10.8. The number of nitrogens with one attached hydrogen (secondary N) is 2. The van der Waals surface area contributed by atoms with E-state index in [9.17, 15) is 9.59 Å². The molecule has 2 saturated heterocycles. The van der Waals surface area contributed by atoms with Gasteiger partial charge >= 0.3 is 0 Å². The quantitative estimate of drug-likeness (QED) is 0.683. The predicted octanol–water partition coefficient (Wildman–Crippen LogP) is 3.61. The Balaban J connectivity index is 1.52. The van der Waals surface area contributed by atoms with E-state index in [0.717, 1.165) is 36.8 Å². The fourth-order valence-electron chi connectivity index (χ4n) is 3.94. The summed E-state index contributed by atoms with van der Waals surface area (Å²) in [4.78, 5) is 24.8. The maximum absolute atomic E-state index is 12.4. The maximum Gasteiger partial charge on any atom is 0.253 e. The number of rotatable bonds is 7. The van der Waals surface area contributed by atoms with Crippen molar-refractivity contribution in [1.29, 1.82) is 0 Å². The Morgan fingerprint density at radius 1 is 0.781 bits per heavy atom. The van der Waals surface area contributed by atoms with Crippen LogP contribution in [0.25, 0.3) is 11.1 Å². The zero-order valence-electron chi connectivity index (χ0n) is 18.3. The van der Waals surface area contributed by atoms with E-state index >= 15 is 0 Å². The van der Waals surface area contributed by atoms with Gasteiger partial charge in [-0.05, 0) is 61.1 Å². The van der Waals surface area contributed by atoms with Gasteiger partial charge in [-0.3, -0.25) is 9.59 Å². The van der Waals surface area contributed by atoms with E-state index in [0.29, 0.717) is 36.1 Å². The summed E-state index contributed by atoms with van der Waals surface area (Å²) in [5.74, 6) is 0.760. The van der Waals surface area contributed by atoms with Crippen molar-refractivity contribution in [2.75, 3.05) is 38.1 Å². The maximum atomic E-state index is 12.4. The van der Waals surface area contributed by atoms with E-state index in [4.69, 9.17) is 18.9 Å². The van der Waals surface area contributed by atoms with Gasteiger partial charge in [-0.1, -0.05) is 12.1 Å². The second kappa shape index (κ2) is 10.0. The lowest BCUT2D eigenvalue weighted by molar-refractivity contribution is -0.125. The Morgan fingerprint density at radius 3 is 1.56 bits per heavy atom. The van der Waals surface area contributed by atoms with Gasteiger partial charge < -0.3 is 29.6 Å². The monoisotopic (exact) mass is 440 g/mol. The van der Waals surface area contributed by atoms with Crippen molar-refractivity contribution in [3.8, 4) is 22.6 Å². The van der Waals surface area contributed by atoms with Gasteiger partial charge in [0.2, 0.25) is 0 Å². The molecule has 2 amide bonds. The molecule has 0 aliphatic carbocycles. The average Bonchev–Trinajstić information content (AvgIpc) is 3.54. The van der Waals surface area contributed by atoms with Crippen LogP contribution in [0.3, 0.4) is 0 Å². The highest BCUT2D eigenvalue weighted by molar-refractivity contribution is 5.97. The summed E-state index contributed by atoms with van der Waals surface area (Å²) >= 11 is 0. The van der Waals surface area contributed by atoms with E-state index in [2.05, 4.69) is 10.6 Å². The number of carbonyl (C=O) groups excluding carboxylic acids is 2. The summed E-state index contributed by atoms with van der Waals surface area (Å²) in [5, 5.41) is 5.78. The Morgan fingerprint density at radius 2 is 1.22 bits per heavy atom. The molecule has 0 spiro atoms. The molecule has 2 fully saturated rings. The summed E-state index contributed by atoms with van der Waals surface area (Å²) < 4.78 is 21.9. The standard InChI is InChI=1S/C24H28N2O6/c1-29-21-13-15(7-9-17(21)25-23(27)19-5-3-11-31-19)16-8-10-18(22(14-16)30-2)26-24(28)20-6-4-12-32-20/h7-10,13-14,19-20H,3-6,11-12H2,1-2H3,(H,25,27)(H,26,28). The molecular formula is C24H28N2O6. The molecule has 4 rings (SSSR count). The van der Waals surface area contributed by atoms with Crippen LogP contribution >= 0.6 is 0 Å². The number of hydrogen-bond acceptors (Lipinski definition) is 6. The number of hydrogen-bond donors (Lipinski definition) is 2. The largest absolute Gasteiger partial charge is 0.495 e. The van der Waals surface area contributed by atoms with Gasteiger partial charge in [0.05, 0.1) is 25.6 Å². The van der Waals surface area contributed by atoms with Crippen LogP contribution < -0.4 is 20.1 Å². The molecule has 2 N–H and O–H groups in total. The third-order valence-corrected chi connectivity index (χ3v) is 5.70. The molecule has 0 saturated carbocycles. The lowest BCUT2D eigenvalue weighted by Gasteiger charge is -2.16. The molecule has 2 aliphatic rings. The number of ether oxygens (including phenoxy) is 4. The first kappa shape index (κ1) is 22.1. The van der Waals surface area contributed by atoms with Gasteiger partial charge in [0.25, 0.3) is 11.8 Å². The number of benzene rings is 2. The van der Waals surface area contributed by atoms with Gasteiger partial charge in [-0.25, -0.2) is 0 Å². The molecule has 2 unspecified atom stereocenters. The Labute approximate surface area is 187 Å². The number of methoxy groups -OCH3 is 2. The molecule has 2 heterocycles. The van der Waals surface area contributed by atoms with Gasteiger partial charge in [0, 0.05) is 13.2 Å². The van der Waals surface area contributed by atoms with Crippen LogP contribution in [0.15, 0.2) is 36.4 Å². The predicted molar refractivity (Wildman–Crippen MR) is 120 cm³/mol. The molecule has 2 aliphatic heterocycles. The third-order valence-electron chi connectivity index (χ3n) is 5.70. The van der Waals surface area contributed by atoms with Crippen molar-refractivity contribution in [2.24, 2.45) is 0 Å². The highest BCUT2D eigenvalue weighted by Gasteiger charge is 2.25. The van der Waals surface area contributed by atoms with Crippen LogP contribution in [-0.2, 0) is 19.1 Å². The fraction of sp³-hybridized carbons (Fsp3) is 0.417. The Hall–Kier alpha value is -3.10. The Kier molecular flexibility index (Phi) is 6.92. The third kappa shape index (κ3) is 4.87. The van der Waals surface area contributed by atoms with Crippen LogP contribution in [0.4, 0.5) is 11.4 Å². The van der Waals surface area contributed by atoms with Gasteiger partial charge in [0.15, 0.2) is 0 Å². The normalized spacial score (nSPS) is 20.1. The zero-order chi connectivity index (χ0) is 22.5. The van der Waals surface area contributed by atoms with Crippen molar-refractivity contribution < 1.29 is 28.5 Å². The minimum atomic E-state index is -0.416. The summed E-state index contributed by atoms with van der Waals surface area (Å²) in [6, 6.07) is 11.1. The molecular weight excluding hydrogens is 412 g/mol. The average molecular weight is 440 g/mol.